The molecular weight excluding hydrogens is 223 g/mol. The number of aliphatic hydroxyl groups is 1. The fourth-order valence-corrected chi connectivity index (χ4v) is 1.52. The Balaban J connectivity index is 2.19. The van der Waals surface area contributed by atoms with Crippen molar-refractivity contribution in [3.63, 3.8) is 0 Å². The highest BCUT2D eigenvalue weighted by atomic mass is 19.1. The summed E-state index contributed by atoms with van der Waals surface area (Å²) >= 11 is 0. The van der Waals surface area contributed by atoms with Crippen molar-refractivity contribution < 1.29 is 13.9 Å². The lowest BCUT2D eigenvalue weighted by molar-refractivity contribution is 0.145. The van der Waals surface area contributed by atoms with Gasteiger partial charge in [-0.25, -0.2) is 9.37 Å². The van der Waals surface area contributed by atoms with Crippen molar-refractivity contribution in [1.82, 2.24) is 9.88 Å². The zero-order valence-electron chi connectivity index (χ0n) is 9.85. The lowest BCUT2D eigenvalue weighted by atomic mass is 10.3. The number of likely N-dealkylation sites (N-methyl/N-ethyl adjacent to an activating group) is 1. The van der Waals surface area contributed by atoms with E-state index in [9.17, 15) is 4.39 Å². The van der Waals surface area contributed by atoms with Crippen molar-refractivity contribution in [1.29, 1.82) is 0 Å². The highest BCUT2D eigenvalue weighted by Gasteiger charge is 2.12. The first kappa shape index (κ1) is 12.0. The van der Waals surface area contributed by atoms with Gasteiger partial charge >= 0.3 is 0 Å². The molecule has 17 heavy (non-hydrogen) atoms. The number of aliphatic hydroxyl groups excluding tert-OH is 1. The minimum absolute atomic E-state index is 0.0294. The predicted octanol–water partition coefficient (Wildman–Crippen LogP) is 1.78. The zero-order valence-corrected chi connectivity index (χ0v) is 9.85. The molecule has 2 aromatic rings. The normalized spacial score (nSPS) is 13.5. The first-order valence-electron chi connectivity index (χ1n) is 5.46. The molecule has 1 aromatic carbocycles. The van der Waals surface area contributed by atoms with E-state index < -0.39 is 0 Å². The first-order valence-corrected chi connectivity index (χ1v) is 5.46. The summed E-state index contributed by atoms with van der Waals surface area (Å²) in [6.45, 7) is 2.46. The van der Waals surface area contributed by atoms with Crippen molar-refractivity contribution in [2.24, 2.45) is 0 Å². The average Bonchev–Trinajstić information content (AvgIpc) is 2.69. The summed E-state index contributed by atoms with van der Waals surface area (Å²) in [4.78, 5) is 6.17. The average molecular weight is 238 g/mol. The molecule has 1 unspecified atom stereocenters. The van der Waals surface area contributed by atoms with Crippen LogP contribution < -0.4 is 0 Å². The maximum absolute atomic E-state index is 13.0. The summed E-state index contributed by atoms with van der Waals surface area (Å²) in [6.07, 6.45) is 0. The third-order valence-electron chi connectivity index (χ3n) is 2.80. The molecule has 5 heteroatoms. The van der Waals surface area contributed by atoms with Crippen molar-refractivity contribution in [3.8, 4) is 0 Å². The minimum Gasteiger partial charge on any atom is -0.439 e. The van der Waals surface area contributed by atoms with Crippen molar-refractivity contribution in [2.45, 2.75) is 19.5 Å². The Labute approximate surface area is 98.7 Å². The highest BCUT2D eigenvalue weighted by molar-refractivity contribution is 5.72. The lowest BCUT2D eigenvalue weighted by Crippen LogP contribution is -2.31. The van der Waals surface area contributed by atoms with Crippen LogP contribution in [0.15, 0.2) is 22.6 Å². The van der Waals surface area contributed by atoms with Crippen molar-refractivity contribution >= 4 is 11.1 Å². The molecule has 1 heterocycles. The van der Waals surface area contributed by atoms with Gasteiger partial charge in [0.05, 0.1) is 13.2 Å². The second-order valence-corrected chi connectivity index (χ2v) is 4.17. The number of benzene rings is 1. The number of aromatic nitrogens is 1. The maximum Gasteiger partial charge on any atom is 0.209 e. The number of hydrogen-bond donors (Lipinski definition) is 1. The minimum atomic E-state index is -0.336. The second kappa shape index (κ2) is 4.81. The van der Waals surface area contributed by atoms with Crippen LogP contribution in [0.3, 0.4) is 0 Å². The third kappa shape index (κ3) is 2.62. The molecule has 0 aliphatic heterocycles. The molecule has 0 amide bonds. The fourth-order valence-electron chi connectivity index (χ4n) is 1.52. The van der Waals surface area contributed by atoms with E-state index in [-0.39, 0.29) is 18.5 Å². The molecule has 0 bridgehead atoms. The molecule has 92 valence electrons. The van der Waals surface area contributed by atoms with Crippen LogP contribution in [0.1, 0.15) is 12.8 Å². The van der Waals surface area contributed by atoms with Gasteiger partial charge in [-0.05, 0) is 26.1 Å². The quantitative estimate of drug-likeness (QED) is 0.882. The van der Waals surface area contributed by atoms with Gasteiger partial charge in [0.15, 0.2) is 5.58 Å². The zero-order chi connectivity index (χ0) is 12.4. The van der Waals surface area contributed by atoms with E-state index in [2.05, 4.69) is 4.98 Å². The molecule has 0 radical (unpaired) electrons. The molecule has 0 saturated heterocycles. The van der Waals surface area contributed by atoms with Gasteiger partial charge in [-0.3, -0.25) is 4.90 Å². The monoisotopic (exact) mass is 238 g/mol. The Hall–Kier alpha value is -1.46. The Morgan fingerprint density at radius 1 is 1.53 bits per heavy atom. The first-order chi connectivity index (χ1) is 8.10. The molecule has 0 fully saturated rings. The highest BCUT2D eigenvalue weighted by Crippen LogP contribution is 2.17. The molecular formula is C12H15FN2O2. The van der Waals surface area contributed by atoms with Gasteiger partial charge in [0.1, 0.15) is 11.3 Å². The molecule has 1 atom stereocenters. The van der Waals surface area contributed by atoms with Crippen LogP contribution >= 0.6 is 0 Å². The maximum atomic E-state index is 13.0. The number of oxazole rings is 1. The fraction of sp³-hybridized carbons (Fsp3) is 0.417. The van der Waals surface area contributed by atoms with E-state index in [4.69, 9.17) is 9.52 Å². The van der Waals surface area contributed by atoms with Gasteiger partial charge in [-0.2, -0.15) is 0 Å². The van der Waals surface area contributed by atoms with Crippen LogP contribution in [0.5, 0.6) is 0 Å². The predicted molar refractivity (Wildman–Crippen MR) is 62.0 cm³/mol. The van der Waals surface area contributed by atoms with Gasteiger partial charge < -0.3 is 9.52 Å². The van der Waals surface area contributed by atoms with E-state index in [0.717, 1.165) is 0 Å². The Kier molecular flexibility index (Phi) is 3.40. The summed E-state index contributed by atoms with van der Waals surface area (Å²) in [6, 6.07) is 4.30. The van der Waals surface area contributed by atoms with Crippen LogP contribution in [0.2, 0.25) is 0 Å². The molecule has 1 aromatic heterocycles. The molecule has 2 rings (SSSR count). The largest absolute Gasteiger partial charge is 0.439 e. The van der Waals surface area contributed by atoms with Crippen molar-refractivity contribution in [2.75, 3.05) is 13.7 Å². The lowest BCUT2D eigenvalue weighted by Gasteiger charge is -2.20. The SMILES string of the molecule is CC(CO)N(C)Cc1nc2ccc(F)cc2o1. The summed E-state index contributed by atoms with van der Waals surface area (Å²) in [7, 11) is 1.87. The van der Waals surface area contributed by atoms with Gasteiger partial charge in [-0.1, -0.05) is 0 Å². The van der Waals surface area contributed by atoms with Crippen LogP contribution in [-0.2, 0) is 6.54 Å². The molecule has 0 saturated carbocycles. The number of rotatable bonds is 4. The summed E-state index contributed by atoms with van der Waals surface area (Å²) in [5.74, 6) is 0.186. The van der Waals surface area contributed by atoms with Gasteiger partial charge in [-0.15, -0.1) is 0 Å². The van der Waals surface area contributed by atoms with Crippen molar-refractivity contribution in [3.05, 3.63) is 29.9 Å². The Morgan fingerprint density at radius 3 is 3.00 bits per heavy atom. The molecule has 0 aliphatic rings. The molecule has 1 N–H and O–H groups in total. The number of nitrogens with zero attached hydrogens (tertiary/aromatic N) is 2. The van der Waals surface area contributed by atoms with E-state index in [1.807, 2.05) is 18.9 Å². The molecule has 0 aliphatic carbocycles. The van der Waals surface area contributed by atoms with Gasteiger partial charge in [0.25, 0.3) is 0 Å². The molecule has 4 nitrogen and oxygen atoms in total. The Morgan fingerprint density at radius 2 is 2.29 bits per heavy atom. The van der Waals surface area contributed by atoms with Crippen LogP contribution in [0.4, 0.5) is 4.39 Å². The van der Waals surface area contributed by atoms with E-state index in [1.165, 1.54) is 12.1 Å². The van der Waals surface area contributed by atoms with E-state index in [1.54, 1.807) is 6.07 Å². The summed E-state index contributed by atoms with van der Waals surface area (Å²) in [5, 5.41) is 9.02. The van der Waals surface area contributed by atoms with Crippen LogP contribution in [-0.4, -0.2) is 34.7 Å². The standard InChI is InChI=1S/C12H15FN2O2/c1-8(7-16)15(2)6-12-14-10-4-3-9(13)5-11(10)17-12/h3-5,8,16H,6-7H2,1-2H3. The number of halogens is 1. The van der Waals surface area contributed by atoms with Crippen LogP contribution in [0.25, 0.3) is 11.1 Å². The topological polar surface area (TPSA) is 49.5 Å². The second-order valence-electron chi connectivity index (χ2n) is 4.17. The number of hydrogen-bond acceptors (Lipinski definition) is 4. The Bertz CT molecular complexity index is 512. The summed E-state index contributed by atoms with van der Waals surface area (Å²) in [5.41, 5.74) is 1.09. The van der Waals surface area contributed by atoms with Gasteiger partial charge in [0, 0.05) is 12.1 Å². The molecule has 0 spiro atoms. The number of fused-ring (bicyclic) bond motifs is 1. The smallest absolute Gasteiger partial charge is 0.209 e. The van der Waals surface area contributed by atoms with E-state index >= 15 is 0 Å². The van der Waals surface area contributed by atoms with E-state index in [0.29, 0.717) is 23.5 Å². The van der Waals surface area contributed by atoms with Gasteiger partial charge in [0.2, 0.25) is 5.89 Å². The summed E-state index contributed by atoms with van der Waals surface area (Å²) < 4.78 is 18.4. The van der Waals surface area contributed by atoms with Crippen LogP contribution in [0, 0.1) is 5.82 Å². The third-order valence-corrected chi connectivity index (χ3v) is 2.80.